The molecule has 1 aromatic heterocycles. The van der Waals surface area contributed by atoms with Gasteiger partial charge < -0.3 is 5.32 Å². The summed E-state index contributed by atoms with van der Waals surface area (Å²) < 4.78 is 1.54. The van der Waals surface area contributed by atoms with E-state index < -0.39 is 0 Å². The Kier molecular flexibility index (Phi) is 5.50. The highest BCUT2D eigenvalue weighted by atomic mass is 32.2. The number of amides is 1. The van der Waals surface area contributed by atoms with Crippen molar-refractivity contribution in [1.82, 2.24) is 20.2 Å². The summed E-state index contributed by atoms with van der Waals surface area (Å²) in [5.41, 5.74) is 0.799. The van der Waals surface area contributed by atoms with Gasteiger partial charge in [0, 0.05) is 16.8 Å². The van der Waals surface area contributed by atoms with Crippen LogP contribution in [0.4, 0.5) is 5.69 Å². The van der Waals surface area contributed by atoms with Gasteiger partial charge >= 0.3 is 0 Å². The number of thioether (sulfide) groups is 1. The number of hydrogen-bond donors (Lipinski definition) is 1. The molecule has 0 unspecified atom stereocenters. The zero-order valence-electron chi connectivity index (χ0n) is 12.9. The number of anilines is 1. The zero-order valence-corrected chi connectivity index (χ0v) is 14.5. The lowest BCUT2D eigenvalue weighted by Gasteiger charge is -2.10. The van der Waals surface area contributed by atoms with Gasteiger partial charge in [0.15, 0.2) is 0 Å². The van der Waals surface area contributed by atoms with Crippen LogP contribution in [0.1, 0.15) is 0 Å². The van der Waals surface area contributed by atoms with Crippen molar-refractivity contribution in [3.8, 4) is 0 Å². The molecule has 0 bridgehead atoms. The highest BCUT2D eigenvalue weighted by Gasteiger charge is 2.10. The van der Waals surface area contributed by atoms with Gasteiger partial charge in [-0.3, -0.25) is 4.79 Å². The fourth-order valence-corrected chi connectivity index (χ4v) is 3.51. The molecule has 0 radical (unpaired) electrons. The van der Waals surface area contributed by atoms with E-state index in [0.717, 1.165) is 15.5 Å². The lowest BCUT2D eigenvalue weighted by molar-refractivity contribution is -0.113. The first-order valence-electron chi connectivity index (χ1n) is 7.19. The number of hydrogen-bond acceptors (Lipinski definition) is 6. The van der Waals surface area contributed by atoms with Gasteiger partial charge in [-0.05, 0) is 34.7 Å². The van der Waals surface area contributed by atoms with Crippen LogP contribution in [-0.2, 0) is 11.8 Å². The maximum atomic E-state index is 12.2. The zero-order chi connectivity index (χ0) is 16.8. The first-order chi connectivity index (χ1) is 11.7. The fourth-order valence-electron chi connectivity index (χ4n) is 1.93. The number of benzene rings is 2. The number of carbonyl (C=O) groups excluding carboxylic acids is 1. The molecule has 0 atom stereocenters. The molecule has 0 spiro atoms. The minimum absolute atomic E-state index is 0.0934. The quantitative estimate of drug-likeness (QED) is 0.684. The Labute approximate surface area is 148 Å². The van der Waals surface area contributed by atoms with Gasteiger partial charge in [-0.2, -0.15) is 0 Å². The Balaban J connectivity index is 1.64. The van der Waals surface area contributed by atoms with Crippen LogP contribution in [0.5, 0.6) is 0 Å². The van der Waals surface area contributed by atoms with E-state index in [0.29, 0.717) is 5.16 Å². The number of aryl methyl sites for hydroxylation is 1. The summed E-state index contributed by atoms with van der Waals surface area (Å²) in [6, 6.07) is 17.8. The van der Waals surface area contributed by atoms with E-state index in [-0.39, 0.29) is 11.7 Å². The molecular formula is C16H15N5OS2. The van der Waals surface area contributed by atoms with Crippen molar-refractivity contribution in [2.45, 2.75) is 14.9 Å². The van der Waals surface area contributed by atoms with E-state index in [1.807, 2.05) is 54.6 Å². The summed E-state index contributed by atoms with van der Waals surface area (Å²) >= 11 is 2.92. The third-order valence-corrected chi connectivity index (χ3v) is 5.14. The Bertz CT molecular complexity index is 822. The Hall–Kier alpha value is -2.32. The van der Waals surface area contributed by atoms with E-state index in [4.69, 9.17) is 0 Å². The number of nitrogens with zero attached hydrogens (tertiary/aromatic N) is 4. The second-order valence-corrected chi connectivity index (χ2v) is 6.89. The maximum absolute atomic E-state index is 12.2. The van der Waals surface area contributed by atoms with Gasteiger partial charge in [-0.1, -0.05) is 53.9 Å². The number of nitrogens with one attached hydrogen (secondary N) is 1. The molecule has 3 rings (SSSR count). The van der Waals surface area contributed by atoms with E-state index in [1.54, 1.807) is 18.8 Å². The molecule has 1 N–H and O–H groups in total. The van der Waals surface area contributed by atoms with Gasteiger partial charge in [0.1, 0.15) is 0 Å². The fraction of sp³-hybridized carbons (Fsp3) is 0.125. The van der Waals surface area contributed by atoms with Crippen molar-refractivity contribution >= 4 is 35.1 Å². The molecule has 0 aliphatic rings. The topological polar surface area (TPSA) is 72.7 Å². The smallest absolute Gasteiger partial charge is 0.234 e. The largest absolute Gasteiger partial charge is 0.324 e. The van der Waals surface area contributed by atoms with E-state index >= 15 is 0 Å². The molecule has 6 nitrogen and oxygen atoms in total. The second-order valence-electron chi connectivity index (χ2n) is 4.83. The van der Waals surface area contributed by atoms with Crippen molar-refractivity contribution in [3.63, 3.8) is 0 Å². The van der Waals surface area contributed by atoms with Crippen LogP contribution in [0.3, 0.4) is 0 Å². The third kappa shape index (κ3) is 4.36. The molecule has 0 aliphatic carbocycles. The summed E-state index contributed by atoms with van der Waals surface area (Å²) in [5.74, 6) is 0.155. The summed E-state index contributed by atoms with van der Waals surface area (Å²) in [5, 5.41) is 14.7. The summed E-state index contributed by atoms with van der Waals surface area (Å²) in [7, 11) is 1.74. The van der Waals surface area contributed by atoms with Crippen LogP contribution in [0.2, 0.25) is 0 Å². The number of rotatable bonds is 6. The third-order valence-electron chi connectivity index (χ3n) is 3.05. The van der Waals surface area contributed by atoms with E-state index in [9.17, 15) is 4.79 Å². The lowest BCUT2D eigenvalue weighted by atomic mass is 10.3. The molecule has 1 amide bonds. The SMILES string of the molecule is Cn1nnnc1SCC(=O)Nc1ccccc1Sc1ccccc1. The van der Waals surface area contributed by atoms with Crippen molar-refractivity contribution in [2.24, 2.45) is 7.05 Å². The standard InChI is InChI=1S/C16H15N5OS2/c1-21-16(18-19-20-21)23-11-15(22)17-13-9-5-6-10-14(13)24-12-7-3-2-4-8-12/h2-10H,11H2,1H3,(H,17,22). The minimum Gasteiger partial charge on any atom is -0.324 e. The van der Waals surface area contributed by atoms with Gasteiger partial charge in [-0.25, -0.2) is 4.68 Å². The maximum Gasteiger partial charge on any atom is 0.234 e. The molecule has 24 heavy (non-hydrogen) atoms. The van der Waals surface area contributed by atoms with Crippen LogP contribution in [0, 0.1) is 0 Å². The first kappa shape index (κ1) is 16.5. The molecule has 0 saturated carbocycles. The summed E-state index contributed by atoms with van der Waals surface area (Å²) in [6.45, 7) is 0. The molecular weight excluding hydrogens is 342 g/mol. The number of aromatic nitrogens is 4. The summed E-state index contributed by atoms with van der Waals surface area (Å²) in [4.78, 5) is 14.3. The van der Waals surface area contributed by atoms with Crippen LogP contribution < -0.4 is 5.32 Å². The summed E-state index contributed by atoms with van der Waals surface area (Å²) in [6.07, 6.45) is 0. The Morgan fingerprint density at radius 2 is 1.88 bits per heavy atom. The van der Waals surface area contributed by atoms with Gasteiger partial charge in [0.05, 0.1) is 11.4 Å². The molecule has 122 valence electrons. The van der Waals surface area contributed by atoms with Gasteiger partial charge in [-0.15, -0.1) is 5.10 Å². The average Bonchev–Trinajstić information content (AvgIpc) is 3.01. The van der Waals surface area contributed by atoms with Crippen molar-refractivity contribution < 1.29 is 4.79 Å². The van der Waals surface area contributed by atoms with Crippen molar-refractivity contribution in [2.75, 3.05) is 11.1 Å². The van der Waals surface area contributed by atoms with Gasteiger partial charge in [0.25, 0.3) is 0 Å². The first-order valence-corrected chi connectivity index (χ1v) is 8.99. The van der Waals surface area contributed by atoms with Gasteiger partial charge in [0.2, 0.25) is 11.1 Å². The number of para-hydroxylation sites is 1. The van der Waals surface area contributed by atoms with E-state index in [2.05, 4.69) is 20.8 Å². The molecule has 3 aromatic rings. The highest BCUT2D eigenvalue weighted by molar-refractivity contribution is 8.00. The predicted molar refractivity (Wildman–Crippen MR) is 95.2 cm³/mol. The van der Waals surface area contributed by atoms with Crippen LogP contribution >= 0.6 is 23.5 Å². The second kappa shape index (κ2) is 7.98. The Morgan fingerprint density at radius 1 is 1.12 bits per heavy atom. The predicted octanol–water partition coefficient (Wildman–Crippen LogP) is 3.09. The molecule has 0 saturated heterocycles. The molecule has 0 aliphatic heterocycles. The molecule has 8 heteroatoms. The normalized spacial score (nSPS) is 10.5. The van der Waals surface area contributed by atoms with Crippen LogP contribution in [0.25, 0.3) is 0 Å². The Morgan fingerprint density at radius 3 is 2.62 bits per heavy atom. The average molecular weight is 357 g/mol. The highest BCUT2D eigenvalue weighted by Crippen LogP contribution is 2.33. The molecule has 1 heterocycles. The molecule has 2 aromatic carbocycles. The monoisotopic (exact) mass is 357 g/mol. The van der Waals surface area contributed by atoms with Crippen LogP contribution in [-0.4, -0.2) is 31.9 Å². The lowest BCUT2D eigenvalue weighted by Crippen LogP contribution is -2.15. The molecule has 0 fully saturated rings. The number of tetrazole rings is 1. The van der Waals surface area contributed by atoms with Crippen LogP contribution in [0.15, 0.2) is 69.5 Å². The minimum atomic E-state index is -0.0934. The number of carbonyl (C=O) groups is 1. The van der Waals surface area contributed by atoms with Crippen molar-refractivity contribution in [1.29, 1.82) is 0 Å². The van der Waals surface area contributed by atoms with Crippen molar-refractivity contribution in [3.05, 3.63) is 54.6 Å². The van der Waals surface area contributed by atoms with E-state index in [1.165, 1.54) is 16.4 Å².